The monoisotopic (exact) mass is 372 g/mol. The van der Waals surface area contributed by atoms with Gasteiger partial charge in [-0.3, -0.25) is 9.48 Å². The number of halogens is 3. The molecule has 0 atom stereocenters. The fourth-order valence-corrected chi connectivity index (χ4v) is 2.59. The molecule has 0 unspecified atom stereocenters. The number of hydrogen-bond acceptors (Lipinski definition) is 4. The Kier molecular flexibility index (Phi) is 6.72. The van der Waals surface area contributed by atoms with E-state index in [1.54, 1.807) is 6.07 Å². The SMILES string of the molecule is Cl.O=C(NCc1cc2n(n1)CCCNC2)c1cccc(OC(F)F)c1. The Balaban J connectivity index is 0.00000225. The molecule has 0 fully saturated rings. The highest BCUT2D eigenvalue weighted by Gasteiger charge is 2.13. The molecule has 0 aliphatic carbocycles. The zero-order valence-corrected chi connectivity index (χ0v) is 14.2. The van der Waals surface area contributed by atoms with Crippen LogP contribution in [-0.2, 0) is 19.6 Å². The molecule has 0 radical (unpaired) electrons. The van der Waals surface area contributed by atoms with Crippen molar-refractivity contribution in [3.05, 3.63) is 47.3 Å². The van der Waals surface area contributed by atoms with Gasteiger partial charge in [0.25, 0.3) is 5.91 Å². The van der Waals surface area contributed by atoms with Crippen molar-refractivity contribution in [1.29, 1.82) is 0 Å². The number of amides is 1. The molecule has 2 aromatic rings. The Bertz CT molecular complexity index is 700. The minimum Gasteiger partial charge on any atom is -0.435 e. The third kappa shape index (κ3) is 5.14. The minimum absolute atomic E-state index is 0. The minimum atomic E-state index is -2.92. The number of aromatic nitrogens is 2. The van der Waals surface area contributed by atoms with E-state index in [0.717, 1.165) is 37.4 Å². The van der Waals surface area contributed by atoms with E-state index in [0.29, 0.717) is 0 Å². The van der Waals surface area contributed by atoms with Crippen molar-refractivity contribution in [2.75, 3.05) is 6.54 Å². The van der Waals surface area contributed by atoms with Gasteiger partial charge in [-0.05, 0) is 37.2 Å². The summed E-state index contributed by atoms with van der Waals surface area (Å²) in [5, 5.41) is 10.5. The smallest absolute Gasteiger partial charge is 0.387 e. The first-order valence-electron chi connectivity index (χ1n) is 7.71. The largest absolute Gasteiger partial charge is 0.435 e. The zero-order valence-electron chi connectivity index (χ0n) is 13.4. The van der Waals surface area contributed by atoms with E-state index < -0.39 is 6.61 Å². The van der Waals surface area contributed by atoms with E-state index >= 15 is 0 Å². The molecule has 3 rings (SSSR count). The van der Waals surface area contributed by atoms with E-state index in [1.165, 1.54) is 18.2 Å². The second-order valence-electron chi connectivity index (χ2n) is 5.47. The number of aryl methyl sites for hydroxylation is 1. The number of fused-ring (bicyclic) bond motifs is 1. The molecule has 0 spiro atoms. The molecular weight excluding hydrogens is 354 g/mol. The van der Waals surface area contributed by atoms with Crippen LogP contribution >= 0.6 is 12.4 Å². The van der Waals surface area contributed by atoms with Gasteiger partial charge in [-0.25, -0.2) is 0 Å². The summed E-state index contributed by atoms with van der Waals surface area (Å²) < 4.78 is 30.7. The summed E-state index contributed by atoms with van der Waals surface area (Å²) >= 11 is 0. The summed E-state index contributed by atoms with van der Waals surface area (Å²) in [7, 11) is 0. The Morgan fingerprint density at radius 1 is 1.40 bits per heavy atom. The number of alkyl halides is 2. The van der Waals surface area contributed by atoms with Gasteiger partial charge in [-0.1, -0.05) is 6.07 Å². The quantitative estimate of drug-likeness (QED) is 0.845. The maximum absolute atomic E-state index is 12.2. The summed E-state index contributed by atoms with van der Waals surface area (Å²) in [5.74, 6) is -0.409. The third-order valence-electron chi connectivity index (χ3n) is 3.69. The standard InChI is InChI=1S/C16H18F2N4O2.ClH/c17-16(18)24-14-4-1-3-11(7-14)15(23)20-9-12-8-13-10-19-5-2-6-22(13)21-12;/h1,3-4,7-8,16,19H,2,5-6,9-10H2,(H,20,23);1H. The molecule has 1 aromatic carbocycles. The molecule has 2 heterocycles. The van der Waals surface area contributed by atoms with Crippen LogP contribution in [-0.4, -0.2) is 28.8 Å². The summed E-state index contributed by atoms with van der Waals surface area (Å²) in [6.07, 6.45) is 1.01. The zero-order chi connectivity index (χ0) is 16.9. The number of rotatable bonds is 5. The number of benzene rings is 1. The van der Waals surface area contributed by atoms with Crippen molar-refractivity contribution in [1.82, 2.24) is 20.4 Å². The maximum atomic E-state index is 12.2. The van der Waals surface area contributed by atoms with Crippen LogP contribution < -0.4 is 15.4 Å². The number of hydrogen-bond donors (Lipinski definition) is 2. The molecule has 25 heavy (non-hydrogen) atoms. The van der Waals surface area contributed by atoms with Crippen LogP contribution in [0.4, 0.5) is 8.78 Å². The van der Waals surface area contributed by atoms with Crippen molar-refractivity contribution in [3.8, 4) is 5.75 Å². The number of nitrogens with one attached hydrogen (secondary N) is 2. The first-order valence-corrected chi connectivity index (χ1v) is 7.71. The van der Waals surface area contributed by atoms with Gasteiger partial charge in [-0.2, -0.15) is 13.9 Å². The molecule has 2 N–H and O–H groups in total. The molecule has 136 valence electrons. The molecule has 9 heteroatoms. The Morgan fingerprint density at radius 3 is 3.04 bits per heavy atom. The summed E-state index contributed by atoms with van der Waals surface area (Å²) in [4.78, 5) is 12.2. The normalized spacial score (nSPS) is 13.6. The van der Waals surface area contributed by atoms with Gasteiger partial charge in [0.1, 0.15) is 5.75 Å². The molecule has 6 nitrogen and oxygen atoms in total. The lowest BCUT2D eigenvalue weighted by molar-refractivity contribution is -0.0498. The lowest BCUT2D eigenvalue weighted by atomic mass is 10.2. The average Bonchev–Trinajstić information content (AvgIpc) is 2.81. The molecule has 1 aromatic heterocycles. The van der Waals surface area contributed by atoms with Gasteiger partial charge in [0, 0.05) is 18.7 Å². The topological polar surface area (TPSA) is 68.2 Å². The van der Waals surface area contributed by atoms with Crippen molar-refractivity contribution >= 4 is 18.3 Å². The maximum Gasteiger partial charge on any atom is 0.387 e. The third-order valence-corrected chi connectivity index (χ3v) is 3.69. The van der Waals surface area contributed by atoms with Gasteiger partial charge in [-0.15, -0.1) is 12.4 Å². The Labute approximate surface area is 150 Å². The van der Waals surface area contributed by atoms with Gasteiger partial charge < -0.3 is 15.4 Å². The highest BCUT2D eigenvalue weighted by molar-refractivity contribution is 5.94. The summed E-state index contributed by atoms with van der Waals surface area (Å²) in [6.45, 7) is -0.0690. The van der Waals surface area contributed by atoms with E-state index in [2.05, 4.69) is 20.5 Å². The first kappa shape index (κ1) is 19.1. The fourth-order valence-electron chi connectivity index (χ4n) is 2.59. The number of nitrogens with zero attached hydrogens (tertiary/aromatic N) is 2. The fraction of sp³-hybridized carbons (Fsp3) is 0.375. The Morgan fingerprint density at radius 2 is 2.24 bits per heavy atom. The van der Waals surface area contributed by atoms with Crippen LogP contribution in [0.25, 0.3) is 0 Å². The summed E-state index contributed by atoms with van der Waals surface area (Å²) in [6, 6.07) is 7.65. The van der Waals surface area contributed by atoms with E-state index in [1.807, 2.05) is 10.7 Å². The van der Waals surface area contributed by atoms with Gasteiger partial charge in [0.2, 0.25) is 0 Å². The number of ether oxygens (including phenoxy) is 1. The lowest BCUT2D eigenvalue weighted by Gasteiger charge is -2.07. The highest BCUT2D eigenvalue weighted by Crippen LogP contribution is 2.16. The van der Waals surface area contributed by atoms with Crippen LogP contribution in [0.1, 0.15) is 28.2 Å². The average molecular weight is 373 g/mol. The van der Waals surface area contributed by atoms with Crippen molar-refractivity contribution in [2.24, 2.45) is 0 Å². The number of carbonyl (C=O) groups excluding carboxylic acids is 1. The molecule has 0 saturated carbocycles. The van der Waals surface area contributed by atoms with Crippen LogP contribution in [0.15, 0.2) is 30.3 Å². The van der Waals surface area contributed by atoms with Crippen LogP contribution in [0, 0.1) is 0 Å². The predicted octanol–water partition coefficient (Wildman–Crippen LogP) is 2.33. The first-order chi connectivity index (χ1) is 11.6. The van der Waals surface area contributed by atoms with E-state index in [9.17, 15) is 13.6 Å². The predicted molar refractivity (Wildman–Crippen MR) is 90.0 cm³/mol. The van der Waals surface area contributed by atoms with Crippen molar-refractivity contribution < 1.29 is 18.3 Å². The second kappa shape index (κ2) is 8.77. The van der Waals surface area contributed by atoms with Gasteiger partial charge in [0.15, 0.2) is 0 Å². The van der Waals surface area contributed by atoms with Crippen LogP contribution in [0.5, 0.6) is 5.75 Å². The van der Waals surface area contributed by atoms with Gasteiger partial charge in [0.05, 0.1) is 17.9 Å². The van der Waals surface area contributed by atoms with Crippen molar-refractivity contribution in [2.45, 2.75) is 32.7 Å². The van der Waals surface area contributed by atoms with Gasteiger partial charge >= 0.3 is 6.61 Å². The molecule has 0 saturated heterocycles. The lowest BCUT2D eigenvalue weighted by Crippen LogP contribution is -2.23. The molecule has 0 bridgehead atoms. The number of carbonyl (C=O) groups is 1. The molecular formula is C16H19ClF2N4O2. The van der Waals surface area contributed by atoms with E-state index in [4.69, 9.17) is 0 Å². The highest BCUT2D eigenvalue weighted by atomic mass is 35.5. The van der Waals surface area contributed by atoms with Crippen molar-refractivity contribution in [3.63, 3.8) is 0 Å². The Hall–Kier alpha value is -2.19. The summed E-state index contributed by atoms with van der Waals surface area (Å²) in [5.41, 5.74) is 2.11. The second-order valence-corrected chi connectivity index (χ2v) is 5.47. The molecule has 1 aliphatic rings. The van der Waals surface area contributed by atoms with Crippen LogP contribution in [0.3, 0.4) is 0 Å². The molecule has 1 aliphatic heterocycles. The van der Waals surface area contributed by atoms with Crippen LogP contribution in [0.2, 0.25) is 0 Å². The van der Waals surface area contributed by atoms with E-state index in [-0.39, 0.29) is 36.2 Å². The molecule has 1 amide bonds.